The normalized spacial score (nSPS) is 10.3. The molecular formula is C13H11BrClNO. The summed E-state index contributed by atoms with van der Waals surface area (Å²) in [5.74, 6) is 0.856. The summed E-state index contributed by atoms with van der Waals surface area (Å²) in [4.78, 5) is 4.18. The predicted molar refractivity (Wildman–Crippen MR) is 72.5 cm³/mol. The molecule has 1 aromatic carbocycles. The average molecular weight is 313 g/mol. The van der Waals surface area contributed by atoms with Crippen molar-refractivity contribution in [3.8, 4) is 5.75 Å². The summed E-state index contributed by atoms with van der Waals surface area (Å²) in [5.41, 5.74) is 1.90. The zero-order valence-corrected chi connectivity index (χ0v) is 11.6. The largest absolute Gasteiger partial charge is 0.487 e. The van der Waals surface area contributed by atoms with E-state index in [0.717, 1.165) is 21.5 Å². The molecule has 4 heteroatoms. The molecule has 0 saturated carbocycles. The summed E-state index contributed by atoms with van der Waals surface area (Å²) in [6.07, 6.45) is 1.68. The van der Waals surface area contributed by atoms with Gasteiger partial charge < -0.3 is 4.74 Å². The SMILES string of the molecule is Cc1cc(Br)ccc1OCc1cc(Cl)ccn1. The van der Waals surface area contributed by atoms with Crippen LogP contribution in [-0.2, 0) is 6.61 Å². The van der Waals surface area contributed by atoms with Gasteiger partial charge in [0, 0.05) is 15.7 Å². The van der Waals surface area contributed by atoms with E-state index in [1.807, 2.05) is 25.1 Å². The Kier molecular flexibility index (Phi) is 4.02. The summed E-state index contributed by atoms with van der Waals surface area (Å²) in [6.45, 7) is 2.43. The molecule has 0 amide bonds. The topological polar surface area (TPSA) is 22.1 Å². The van der Waals surface area contributed by atoms with Crippen LogP contribution in [0.3, 0.4) is 0 Å². The van der Waals surface area contributed by atoms with Crippen LogP contribution < -0.4 is 4.74 Å². The number of rotatable bonds is 3. The second kappa shape index (κ2) is 5.52. The van der Waals surface area contributed by atoms with Crippen molar-refractivity contribution < 1.29 is 4.74 Å². The van der Waals surface area contributed by atoms with E-state index in [4.69, 9.17) is 16.3 Å². The van der Waals surface area contributed by atoms with Crippen LogP contribution in [0.15, 0.2) is 41.0 Å². The third-order valence-electron chi connectivity index (χ3n) is 2.29. The fourth-order valence-electron chi connectivity index (χ4n) is 1.45. The highest BCUT2D eigenvalue weighted by atomic mass is 79.9. The highest BCUT2D eigenvalue weighted by molar-refractivity contribution is 9.10. The first-order valence-electron chi connectivity index (χ1n) is 5.14. The zero-order chi connectivity index (χ0) is 12.3. The maximum atomic E-state index is 5.88. The van der Waals surface area contributed by atoms with E-state index in [9.17, 15) is 0 Å². The molecule has 2 nitrogen and oxygen atoms in total. The zero-order valence-electron chi connectivity index (χ0n) is 9.28. The van der Waals surface area contributed by atoms with Crippen LogP contribution in [0.4, 0.5) is 0 Å². The Hall–Kier alpha value is -1.06. The van der Waals surface area contributed by atoms with E-state index >= 15 is 0 Å². The van der Waals surface area contributed by atoms with Gasteiger partial charge >= 0.3 is 0 Å². The molecule has 0 spiro atoms. The van der Waals surface area contributed by atoms with E-state index in [0.29, 0.717) is 11.6 Å². The van der Waals surface area contributed by atoms with Crippen molar-refractivity contribution in [1.82, 2.24) is 4.98 Å². The average Bonchev–Trinajstić information content (AvgIpc) is 2.28. The van der Waals surface area contributed by atoms with Gasteiger partial charge in [-0.1, -0.05) is 27.5 Å². The standard InChI is InChI=1S/C13H11BrClNO/c1-9-6-10(14)2-3-13(9)17-8-12-7-11(15)4-5-16-12/h2-7H,8H2,1H3. The number of ether oxygens (including phenoxy) is 1. The Labute approximate surface area is 114 Å². The van der Waals surface area contributed by atoms with Gasteiger partial charge in [-0.15, -0.1) is 0 Å². The molecule has 0 aliphatic rings. The highest BCUT2D eigenvalue weighted by Gasteiger charge is 2.02. The lowest BCUT2D eigenvalue weighted by Gasteiger charge is -2.09. The Bertz CT molecular complexity index is 531. The van der Waals surface area contributed by atoms with Crippen molar-refractivity contribution in [1.29, 1.82) is 0 Å². The summed E-state index contributed by atoms with van der Waals surface area (Å²) in [6, 6.07) is 9.45. The van der Waals surface area contributed by atoms with Crippen LogP contribution >= 0.6 is 27.5 Å². The molecule has 88 valence electrons. The lowest BCUT2D eigenvalue weighted by Crippen LogP contribution is -1.99. The summed E-state index contributed by atoms with van der Waals surface area (Å²) < 4.78 is 6.74. The number of aromatic nitrogens is 1. The molecule has 1 aromatic heterocycles. The summed E-state index contributed by atoms with van der Waals surface area (Å²) in [5, 5.41) is 0.672. The van der Waals surface area contributed by atoms with Crippen LogP contribution in [0, 0.1) is 6.92 Å². The third kappa shape index (κ3) is 3.45. The summed E-state index contributed by atoms with van der Waals surface area (Å²) >= 11 is 9.29. The van der Waals surface area contributed by atoms with E-state index in [1.54, 1.807) is 18.3 Å². The van der Waals surface area contributed by atoms with Crippen LogP contribution in [0.25, 0.3) is 0 Å². The molecule has 2 aromatic rings. The number of halogens is 2. The number of pyridine rings is 1. The Balaban J connectivity index is 2.07. The second-order valence-corrected chi connectivity index (χ2v) is 5.02. The van der Waals surface area contributed by atoms with Crippen molar-refractivity contribution >= 4 is 27.5 Å². The maximum absolute atomic E-state index is 5.88. The molecule has 2 rings (SSSR count). The van der Waals surface area contributed by atoms with E-state index in [2.05, 4.69) is 20.9 Å². The molecule has 0 aliphatic carbocycles. The Morgan fingerprint density at radius 1 is 1.29 bits per heavy atom. The van der Waals surface area contributed by atoms with Crippen LogP contribution in [0.5, 0.6) is 5.75 Å². The molecule has 0 aliphatic heterocycles. The number of benzene rings is 1. The van der Waals surface area contributed by atoms with Crippen molar-refractivity contribution in [3.63, 3.8) is 0 Å². The molecule has 0 saturated heterocycles. The second-order valence-electron chi connectivity index (χ2n) is 3.66. The molecule has 0 unspecified atom stereocenters. The molecule has 0 radical (unpaired) electrons. The first-order valence-corrected chi connectivity index (χ1v) is 6.31. The molecule has 0 bridgehead atoms. The van der Waals surface area contributed by atoms with Crippen LogP contribution in [0.2, 0.25) is 5.02 Å². The van der Waals surface area contributed by atoms with Crippen molar-refractivity contribution in [3.05, 3.63) is 57.3 Å². The van der Waals surface area contributed by atoms with E-state index < -0.39 is 0 Å². The minimum Gasteiger partial charge on any atom is -0.487 e. The Morgan fingerprint density at radius 3 is 2.82 bits per heavy atom. The maximum Gasteiger partial charge on any atom is 0.130 e. The molecule has 17 heavy (non-hydrogen) atoms. The predicted octanol–water partition coefficient (Wildman–Crippen LogP) is 4.38. The first-order chi connectivity index (χ1) is 8.15. The molecular weight excluding hydrogens is 302 g/mol. The minimum atomic E-state index is 0.420. The summed E-state index contributed by atoms with van der Waals surface area (Å²) in [7, 11) is 0. The van der Waals surface area contributed by atoms with E-state index in [1.165, 1.54) is 0 Å². The lowest BCUT2D eigenvalue weighted by atomic mass is 10.2. The van der Waals surface area contributed by atoms with Gasteiger partial charge in [-0.05, 0) is 42.8 Å². The Morgan fingerprint density at radius 2 is 2.12 bits per heavy atom. The molecule has 1 heterocycles. The fourth-order valence-corrected chi connectivity index (χ4v) is 2.11. The third-order valence-corrected chi connectivity index (χ3v) is 3.02. The van der Waals surface area contributed by atoms with Gasteiger partial charge in [-0.2, -0.15) is 0 Å². The van der Waals surface area contributed by atoms with Gasteiger partial charge in [-0.25, -0.2) is 0 Å². The van der Waals surface area contributed by atoms with Crippen LogP contribution in [0.1, 0.15) is 11.3 Å². The number of hydrogen-bond donors (Lipinski definition) is 0. The number of aryl methyl sites for hydroxylation is 1. The van der Waals surface area contributed by atoms with Gasteiger partial charge in [0.05, 0.1) is 5.69 Å². The molecule has 0 atom stereocenters. The van der Waals surface area contributed by atoms with Crippen molar-refractivity contribution in [2.24, 2.45) is 0 Å². The van der Waals surface area contributed by atoms with Crippen molar-refractivity contribution in [2.45, 2.75) is 13.5 Å². The molecule has 0 N–H and O–H groups in total. The number of hydrogen-bond acceptors (Lipinski definition) is 2. The van der Waals surface area contributed by atoms with Gasteiger partial charge in [0.15, 0.2) is 0 Å². The lowest BCUT2D eigenvalue weighted by molar-refractivity contribution is 0.299. The quantitative estimate of drug-likeness (QED) is 0.839. The van der Waals surface area contributed by atoms with Gasteiger partial charge in [0.1, 0.15) is 12.4 Å². The highest BCUT2D eigenvalue weighted by Crippen LogP contribution is 2.23. The smallest absolute Gasteiger partial charge is 0.130 e. The molecule has 0 fully saturated rings. The van der Waals surface area contributed by atoms with Gasteiger partial charge in [-0.3, -0.25) is 4.98 Å². The fraction of sp³-hybridized carbons (Fsp3) is 0.154. The van der Waals surface area contributed by atoms with Gasteiger partial charge in [0.2, 0.25) is 0 Å². The van der Waals surface area contributed by atoms with Crippen molar-refractivity contribution in [2.75, 3.05) is 0 Å². The minimum absolute atomic E-state index is 0.420. The number of nitrogens with zero attached hydrogens (tertiary/aromatic N) is 1. The van der Waals surface area contributed by atoms with E-state index in [-0.39, 0.29) is 0 Å². The monoisotopic (exact) mass is 311 g/mol. The first kappa shape index (κ1) is 12.4. The van der Waals surface area contributed by atoms with Gasteiger partial charge in [0.25, 0.3) is 0 Å². The van der Waals surface area contributed by atoms with Crippen LogP contribution in [-0.4, -0.2) is 4.98 Å².